The number of hydrogen-bond acceptors (Lipinski definition) is 2. The van der Waals surface area contributed by atoms with E-state index in [1.807, 2.05) is 55.5 Å². The minimum Gasteiger partial charge on any atom is -0.493 e. The van der Waals surface area contributed by atoms with Crippen molar-refractivity contribution in [2.45, 2.75) is 13.3 Å². The molecule has 0 saturated heterocycles. The van der Waals surface area contributed by atoms with Crippen LogP contribution in [0.25, 0.3) is 0 Å². The van der Waals surface area contributed by atoms with Crippen LogP contribution in [0.2, 0.25) is 0 Å². The summed E-state index contributed by atoms with van der Waals surface area (Å²) in [5, 5.41) is 0. The van der Waals surface area contributed by atoms with Gasteiger partial charge in [0.15, 0.2) is 0 Å². The molecule has 2 nitrogen and oxygen atoms in total. The number of benzene rings is 2. The van der Waals surface area contributed by atoms with Gasteiger partial charge in [0.1, 0.15) is 11.5 Å². The highest BCUT2D eigenvalue weighted by molar-refractivity contribution is 5.27. The molecule has 2 aromatic carbocycles. The highest BCUT2D eigenvalue weighted by Gasteiger charge is 1.98. The lowest BCUT2D eigenvalue weighted by Crippen LogP contribution is -2.01. The average Bonchev–Trinajstić information content (AvgIpc) is 2.41. The van der Waals surface area contributed by atoms with Crippen molar-refractivity contribution in [1.82, 2.24) is 0 Å². The maximum Gasteiger partial charge on any atom is 0.127 e. The van der Waals surface area contributed by atoms with Crippen LogP contribution in [-0.4, -0.2) is 13.2 Å². The van der Waals surface area contributed by atoms with Gasteiger partial charge in [-0.25, -0.2) is 0 Å². The molecule has 0 atom stereocenters. The van der Waals surface area contributed by atoms with Crippen LogP contribution in [-0.2, 0) is 6.42 Å². The van der Waals surface area contributed by atoms with E-state index in [-0.39, 0.29) is 0 Å². The van der Waals surface area contributed by atoms with Crippen molar-refractivity contribution in [3.8, 4) is 11.5 Å². The first-order chi connectivity index (χ1) is 8.88. The quantitative estimate of drug-likeness (QED) is 0.770. The van der Waals surface area contributed by atoms with E-state index in [1.54, 1.807) is 0 Å². The van der Waals surface area contributed by atoms with Crippen LogP contribution in [0.3, 0.4) is 0 Å². The fourth-order valence-electron chi connectivity index (χ4n) is 1.69. The molecule has 2 rings (SSSR count). The smallest absolute Gasteiger partial charge is 0.127 e. The normalized spacial score (nSPS) is 10.1. The highest BCUT2D eigenvalue weighted by Crippen LogP contribution is 2.14. The second-order valence-electron chi connectivity index (χ2n) is 3.91. The monoisotopic (exact) mass is 241 g/mol. The second-order valence-corrected chi connectivity index (χ2v) is 3.91. The molecule has 0 amide bonds. The third kappa shape index (κ3) is 3.81. The Bertz CT molecular complexity index is 466. The SMILES string of the molecule is CCOc1[c]ccc(CCOc2ccccc2)c1. The van der Waals surface area contributed by atoms with Crippen LogP contribution < -0.4 is 9.47 Å². The van der Waals surface area contributed by atoms with Gasteiger partial charge in [-0.1, -0.05) is 30.3 Å². The maximum absolute atomic E-state index is 5.66. The highest BCUT2D eigenvalue weighted by atomic mass is 16.5. The Balaban J connectivity index is 1.84. The minimum atomic E-state index is 0.666. The van der Waals surface area contributed by atoms with Crippen molar-refractivity contribution in [1.29, 1.82) is 0 Å². The predicted molar refractivity (Wildman–Crippen MR) is 72.1 cm³/mol. The fourth-order valence-corrected chi connectivity index (χ4v) is 1.69. The van der Waals surface area contributed by atoms with Crippen molar-refractivity contribution >= 4 is 0 Å². The minimum absolute atomic E-state index is 0.666. The van der Waals surface area contributed by atoms with Crippen molar-refractivity contribution in [3.63, 3.8) is 0 Å². The number of rotatable bonds is 6. The van der Waals surface area contributed by atoms with Crippen LogP contribution in [0.1, 0.15) is 12.5 Å². The zero-order valence-electron chi connectivity index (χ0n) is 10.6. The molecule has 93 valence electrons. The zero-order chi connectivity index (χ0) is 12.6. The molecule has 2 heteroatoms. The van der Waals surface area contributed by atoms with Gasteiger partial charge >= 0.3 is 0 Å². The summed E-state index contributed by atoms with van der Waals surface area (Å²) in [6, 6.07) is 18.8. The van der Waals surface area contributed by atoms with Crippen LogP contribution in [0.15, 0.2) is 48.5 Å². The summed E-state index contributed by atoms with van der Waals surface area (Å²) in [5.74, 6) is 1.71. The van der Waals surface area contributed by atoms with E-state index in [9.17, 15) is 0 Å². The van der Waals surface area contributed by atoms with Gasteiger partial charge in [-0.2, -0.15) is 0 Å². The van der Waals surface area contributed by atoms with Crippen molar-refractivity contribution in [3.05, 3.63) is 60.2 Å². The Morgan fingerprint density at radius 3 is 2.67 bits per heavy atom. The lowest BCUT2D eigenvalue weighted by Gasteiger charge is -2.07. The van der Waals surface area contributed by atoms with Crippen LogP contribution in [0, 0.1) is 6.07 Å². The number of hydrogen-bond donors (Lipinski definition) is 0. The molecule has 1 radical (unpaired) electrons. The Morgan fingerprint density at radius 1 is 1.06 bits per heavy atom. The van der Waals surface area contributed by atoms with Crippen molar-refractivity contribution < 1.29 is 9.47 Å². The Kier molecular flexibility index (Phi) is 4.65. The molecule has 0 heterocycles. The van der Waals surface area contributed by atoms with E-state index in [0.717, 1.165) is 17.9 Å². The summed E-state index contributed by atoms with van der Waals surface area (Å²) < 4.78 is 11.1. The average molecular weight is 241 g/mol. The lowest BCUT2D eigenvalue weighted by atomic mass is 10.1. The van der Waals surface area contributed by atoms with E-state index in [1.165, 1.54) is 5.56 Å². The van der Waals surface area contributed by atoms with E-state index in [4.69, 9.17) is 9.47 Å². The third-order valence-corrected chi connectivity index (χ3v) is 2.54. The molecular weight excluding hydrogens is 224 g/mol. The molecule has 0 N–H and O–H groups in total. The standard InChI is InChI=1S/C16H17O2/c1-2-17-16-10-6-7-14(13-16)11-12-18-15-8-4-3-5-9-15/h3-9,13H,2,11-12H2,1H3. The molecule has 0 spiro atoms. The first-order valence-corrected chi connectivity index (χ1v) is 6.19. The summed E-state index contributed by atoms with van der Waals surface area (Å²) in [7, 11) is 0. The lowest BCUT2D eigenvalue weighted by molar-refractivity contribution is 0.320. The molecule has 0 aliphatic carbocycles. The van der Waals surface area contributed by atoms with Gasteiger partial charge in [0.2, 0.25) is 0 Å². The van der Waals surface area contributed by atoms with Crippen LogP contribution in [0.5, 0.6) is 11.5 Å². The summed E-state index contributed by atoms with van der Waals surface area (Å²) in [6.45, 7) is 3.30. The first kappa shape index (κ1) is 12.5. The second kappa shape index (κ2) is 6.70. The number of para-hydroxylation sites is 1. The Hall–Kier alpha value is -1.96. The molecule has 18 heavy (non-hydrogen) atoms. The molecule has 0 unspecified atom stereocenters. The molecule has 0 aromatic heterocycles. The van der Waals surface area contributed by atoms with Crippen molar-refractivity contribution in [2.24, 2.45) is 0 Å². The summed E-state index contributed by atoms with van der Waals surface area (Å²) in [5.41, 5.74) is 1.20. The van der Waals surface area contributed by atoms with Gasteiger partial charge in [0.05, 0.1) is 13.2 Å². The van der Waals surface area contributed by atoms with E-state index >= 15 is 0 Å². The number of ether oxygens (including phenoxy) is 2. The first-order valence-electron chi connectivity index (χ1n) is 6.19. The van der Waals surface area contributed by atoms with Gasteiger partial charge in [0.25, 0.3) is 0 Å². The summed E-state index contributed by atoms with van der Waals surface area (Å²) in [6.07, 6.45) is 0.865. The molecule has 0 bridgehead atoms. The Labute approximate surface area is 108 Å². The summed E-state index contributed by atoms with van der Waals surface area (Å²) in [4.78, 5) is 0. The van der Waals surface area contributed by atoms with Gasteiger partial charge in [-0.15, -0.1) is 0 Å². The predicted octanol–water partition coefficient (Wildman–Crippen LogP) is 3.51. The largest absolute Gasteiger partial charge is 0.493 e. The molecule has 2 aromatic rings. The Morgan fingerprint density at radius 2 is 1.89 bits per heavy atom. The molecular formula is C16H17O2. The molecule has 0 fully saturated rings. The van der Waals surface area contributed by atoms with Gasteiger partial charge in [-0.3, -0.25) is 0 Å². The third-order valence-electron chi connectivity index (χ3n) is 2.54. The maximum atomic E-state index is 5.66. The van der Waals surface area contributed by atoms with Crippen molar-refractivity contribution in [2.75, 3.05) is 13.2 Å². The van der Waals surface area contributed by atoms with Gasteiger partial charge < -0.3 is 9.47 Å². The van der Waals surface area contributed by atoms with Gasteiger partial charge in [0, 0.05) is 12.5 Å². The van der Waals surface area contributed by atoms with Crippen LogP contribution >= 0.6 is 0 Å². The fraction of sp³-hybridized carbons (Fsp3) is 0.250. The molecule has 0 aliphatic heterocycles. The van der Waals surface area contributed by atoms with Crippen LogP contribution in [0.4, 0.5) is 0 Å². The van der Waals surface area contributed by atoms with E-state index in [0.29, 0.717) is 13.2 Å². The zero-order valence-corrected chi connectivity index (χ0v) is 10.6. The van der Waals surface area contributed by atoms with Gasteiger partial charge in [-0.05, 0) is 30.7 Å². The molecule has 0 aliphatic rings. The summed E-state index contributed by atoms with van der Waals surface area (Å²) >= 11 is 0. The topological polar surface area (TPSA) is 18.5 Å². The van der Waals surface area contributed by atoms with E-state index < -0.39 is 0 Å². The van der Waals surface area contributed by atoms with E-state index in [2.05, 4.69) is 6.07 Å². The molecule has 0 saturated carbocycles.